The fourth-order valence-corrected chi connectivity index (χ4v) is 1.10. The number of hydrogen-bond donors (Lipinski definition) is 1. The van der Waals surface area contributed by atoms with Gasteiger partial charge in [-0.1, -0.05) is 30.4 Å². The Hall–Kier alpha value is -1.61. The first-order valence-corrected chi connectivity index (χ1v) is 4.77. The molecule has 80 valence electrons. The van der Waals surface area contributed by atoms with E-state index in [4.69, 9.17) is 0 Å². The Labute approximate surface area is 89.6 Å². The number of benzene rings is 1. The van der Waals surface area contributed by atoms with Crippen molar-refractivity contribution in [3.8, 4) is 0 Å². The molecule has 0 aliphatic rings. The Bertz CT molecular complexity index is 359. The van der Waals surface area contributed by atoms with Gasteiger partial charge in [0, 0.05) is 5.56 Å². The molecule has 0 saturated carbocycles. The third-order valence-electron chi connectivity index (χ3n) is 2.31. The van der Waals surface area contributed by atoms with Gasteiger partial charge in [-0.3, -0.25) is 10.0 Å². The van der Waals surface area contributed by atoms with Gasteiger partial charge in [-0.25, -0.2) is 5.06 Å². The van der Waals surface area contributed by atoms with E-state index in [9.17, 15) is 10.0 Å². The molecule has 0 aromatic heterocycles. The Kier molecular flexibility index (Phi) is 3.63. The zero-order chi connectivity index (χ0) is 11.4. The highest BCUT2D eigenvalue weighted by molar-refractivity contribution is 5.93. The second-order valence-electron chi connectivity index (χ2n) is 3.54. The van der Waals surface area contributed by atoms with Crippen molar-refractivity contribution < 1.29 is 10.0 Å². The molecule has 0 bridgehead atoms. The van der Waals surface area contributed by atoms with Gasteiger partial charge in [0.1, 0.15) is 0 Å². The summed E-state index contributed by atoms with van der Waals surface area (Å²) >= 11 is 0. The molecule has 0 fully saturated rings. The highest BCUT2D eigenvalue weighted by Gasteiger charge is 2.19. The van der Waals surface area contributed by atoms with Gasteiger partial charge >= 0.3 is 0 Å². The first-order chi connectivity index (χ1) is 7.04. The Morgan fingerprint density at radius 2 is 1.93 bits per heavy atom. The van der Waals surface area contributed by atoms with Crippen molar-refractivity contribution in [3.05, 3.63) is 48.0 Å². The summed E-state index contributed by atoms with van der Waals surface area (Å²) in [5.74, 6) is -0.411. The molecule has 3 heteroatoms. The summed E-state index contributed by atoms with van der Waals surface area (Å²) in [6, 6.07) is 8.28. The lowest BCUT2D eigenvalue weighted by Gasteiger charge is -2.22. The highest BCUT2D eigenvalue weighted by atomic mass is 16.5. The number of hydrogen-bond acceptors (Lipinski definition) is 2. The molecule has 1 atom stereocenters. The number of amides is 1. The summed E-state index contributed by atoms with van der Waals surface area (Å²) < 4.78 is 0. The zero-order valence-corrected chi connectivity index (χ0v) is 8.97. The predicted octanol–water partition coefficient (Wildman–Crippen LogP) is 2.48. The van der Waals surface area contributed by atoms with Crippen LogP contribution in [0, 0.1) is 0 Å². The van der Waals surface area contributed by atoms with E-state index >= 15 is 0 Å². The first-order valence-electron chi connectivity index (χ1n) is 4.77. The van der Waals surface area contributed by atoms with E-state index < -0.39 is 5.91 Å². The molecule has 3 nitrogen and oxygen atoms in total. The second-order valence-corrected chi connectivity index (χ2v) is 3.54. The largest absolute Gasteiger partial charge is 0.285 e. The minimum Gasteiger partial charge on any atom is -0.285 e. The molecule has 0 spiro atoms. The monoisotopic (exact) mass is 205 g/mol. The SMILES string of the molecule is C=C(C)C(C)N(O)C(=O)c1ccccc1. The fraction of sp³-hybridized carbons (Fsp3) is 0.250. The minimum absolute atomic E-state index is 0.377. The van der Waals surface area contributed by atoms with Crippen molar-refractivity contribution in [2.24, 2.45) is 0 Å². The standard InChI is InChI=1S/C12H15NO2/c1-9(2)10(3)13(15)12(14)11-7-5-4-6-8-11/h4-8,10,15H,1H2,2-3H3. The van der Waals surface area contributed by atoms with Crippen LogP contribution < -0.4 is 0 Å². The molecule has 1 N–H and O–H groups in total. The third kappa shape index (κ3) is 2.67. The lowest BCUT2D eigenvalue weighted by Crippen LogP contribution is -2.36. The second kappa shape index (κ2) is 4.75. The van der Waals surface area contributed by atoms with Crippen molar-refractivity contribution in [1.82, 2.24) is 5.06 Å². The maximum Gasteiger partial charge on any atom is 0.277 e. The van der Waals surface area contributed by atoms with E-state index in [-0.39, 0.29) is 6.04 Å². The Balaban J connectivity index is 2.82. The van der Waals surface area contributed by atoms with Crippen molar-refractivity contribution in [2.75, 3.05) is 0 Å². The third-order valence-corrected chi connectivity index (χ3v) is 2.31. The number of rotatable bonds is 3. The molecular formula is C12H15NO2. The highest BCUT2D eigenvalue weighted by Crippen LogP contribution is 2.10. The summed E-state index contributed by atoms with van der Waals surface area (Å²) in [5, 5.41) is 10.3. The van der Waals surface area contributed by atoms with Crippen LogP contribution in [0.25, 0.3) is 0 Å². The van der Waals surface area contributed by atoms with E-state index in [1.807, 2.05) is 6.07 Å². The number of carbonyl (C=O) groups is 1. The lowest BCUT2D eigenvalue weighted by molar-refractivity contribution is -0.0750. The predicted molar refractivity (Wildman–Crippen MR) is 58.7 cm³/mol. The smallest absolute Gasteiger partial charge is 0.277 e. The maximum absolute atomic E-state index is 11.7. The molecule has 0 aliphatic heterocycles. The van der Waals surface area contributed by atoms with E-state index in [0.717, 1.165) is 5.57 Å². The molecule has 0 heterocycles. The Morgan fingerprint density at radius 3 is 2.40 bits per heavy atom. The van der Waals surface area contributed by atoms with Crippen LogP contribution in [0.4, 0.5) is 0 Å². The number of nitrogens with zero attached hydrogens (tertiary/aromatic N) is 1. The van der Waals surface area contributed by atoms with Crippen LogP contribution in [0.1, 0.15) is 24.2 Å². The summed E-state index contributed by atoms with van der Waals surface area (Å²) in [5.41, 5.74) is 1.20. The lowest BCUT2D eigenvalue weighted by atomic mass is 10.1. The number of hydroxylamine groups is 2. The van der Waals surface area contributed by atoms with Gasteiger partial charge in [0.2, 0.25) is 0 Å². The van der Waals surface area contributed by atoms with Crippen LogP contribution in [-0.2, 0) is 0 Å². The minimum atomic E-state index is -0.411. The van der Waals surface area contributed by atoms with Crippen LogP contribution in [0.5, 0.6) is 0 Å². The van der Waals surface area contributed by atoms with E-state index in [0.29, 0.717) is 10.6 Å². The molecule has 1 aromatic carbocycles. The molecular weight excluding hydrogens is 190 g/mol. The molecule has 15 heavy (non-hydrogen) atoms. The van der Waals surface area contributed by atoms with Crippen molar-refractivity contribution in [2.45, 2.75) is 19.9 Å². The normalized spacial score (nSPS) is 11.9. The topological polar surface area (TPSA) is 40.5 Å². The van der Waals surface area contributed by atoms with Crippen molar-refractivity contribution >= 4 is 5.91 Å². The molecule has 0 radical (unpaired) electrons. The summed E-state index contributed by atoms with van der Waals surface area (Å²) in [6.07, 6.45) is 0. The van der Waals surface area contributed by atoms with Crippen molar-refractivity contribution in [1.29, 1.82) is 0 Å². The van der Waals surface area contributed by atoms with Gasteiger partial charge in [-0.05, 0) is 26.0 Å². The van der Waals surface area contributed by atoms with Gasteiger partial charge in [0.05, 0.1) is 6.04 Å². The van der Waals surface area contributed by atoms with Gasteiger partial charge in [0.25, 0.3) is 5.91 Å². The van der Waals surface area contributed by atoms with Gasteiger partial charge in [-0.2, -0.15) is 0 Å². The summed E-state index contributed by atoms with van der Waals surface area (Å²) in [7, 11) is 0. The zero-order valence-electron chi connectivity index (χ0n) is 8.97. The van der Waals surface area contributed by atoms with Gasteiger partial charge in [-0.15, -0.1) is 0 Å². The van der Waals surface area contributed by atoms with Gasteiger partial charge in [0.15, 0.2) is 0 Å². The van der Waals surface area contributed by atoms with Crippen molar-refractivity contribution in [3.63, 3.8) is 0 Å². The average Bonchev–Trinajstić information content (AvgIpc) is 2.27. The average molecular weight is 205 g/mol. The van der Waals surface area contributed by atoms with E-state index in [2.05, 4.69) is 6.58 Å². The van der Waals surface area contributed by atoms with Crippen LogP contribution in [0.3, 0.4) is 0 Å². The molecule has 0 aliphatic carbocycles. The molecule has 0 saturated heterocycles. The van der Waals surface area contributed by atoms with Crippen LogP contribution in [0.15, 0.2) is 42.5 Å². The fourth-order valence-electron chi connectivity index (χ4n) is 1.10. The molecule has 1 amide bonds. The van der Waals surface area contributed by atoms with E-state index in [1.54, 1.807) is 38.1 Å². The Morgan fingerprint density at radius 1 is 1.40 bits per heavy atom. The quantitative estimate of drug-likeness (QED) is 0.468. The van der Waals surface area contributed by atoms with Crippen LogP contribution in [-0.4, -0.2) is 22.2 Å². The number of carbonyl (C=O) groups excluding carboxylic acids is 1. The van der Waals surface area contributed by atoms with Crippen LogP contribution in [0.2, 0.25) is 0 Å². The van der Waals surface area contributed by atoms with E-state index in [1.165, 1.54) is 0 Å². The summed E-state index contributed by atoms with van der Waals surface area (Å²) in [4.78, 5) is 11.7. The molecule has 1 aromatic rings. The molecule has 1 rings (SSSR count). The molecule has 1 unspecified atom stereocenters. The van der Waals surface area contributed by atoms with Crippen LogP contribution >= 0.6 is 0 Å². The van der Waals surface area contributed by atoms with Gasteiger partial charge < -0.3 is 0 Å². The maximum atomic E-state index is 11.7. The first kappa shape index (κ1) is 11.5. The summed E-state index contributed by atoms with van der Waals surface area (Å²) in [6.45, 7) is 7.19.